The molecule has 1 aliphatic heterocycles. The number of anilines is 1. The molecule has 182 valence electrons. The van der Waals surface area contributed by atoms with Gasteiger partial charge in [0.1, 0.15) is 12.2 Å². The van der Waals surface area contributed by atoms with Crippen LogP contribution >= 0.6 is 0 Å². The maximum absolute atomic E-state index is 13.1. The summed E-state index contributed by atoms with van der Waals surface area (Å²) in [6.07, 6.45) is 1.37. The lowest BCUT2D eigenvalue weighted by molar-refractivity contribution is -0.122. The minimum Gasteiger partial charge on any atom is -0.493 e. The number of rotatable bonds is 7. The molecule has 0 saturated carbocycles. The number of carboxylic acid groups (broad SMARTS) is 1. The lowest BCUT2D eigenvalue weighted by atomic mass is 10.1. The molecule has 9 heteroatoms. The zero-order valence-corrected chi connectivity index (χ0v) is 19.5. The van der Waals surface area contributed by atoms with Gasteiger partial charge in [-0.15, -0.1) is 0 Å². The van der Waals surface area contributed by atoms with E-state index in [-0.39, 0.29) is 17.7 Å². The Morgan fingerprint density at radius 2 is 1.75 bits per heavy atom. The third-order valence-electron chi connectivity index (χ3n) is 5.46. The molecule has 0 aromatic heterocycles. The van der Waals surface area contributed by atoms with E-state index >= 15 is 0 Å². The highest BCUT2D eigenvalue weighted by atomic mass is 16.5. The second-order valence-electron chi connectivity index (χ2n) is 8.00. The third-order valence-corrected chi connectivity index (χ3v) is 5.46. The summed E-state index contributed by atoms with van der Waals surface area (Å²) in [5.74, 6) is -1.85. The van der Waals surface area contributed by atoms with Crippen LogP contribution in [0.4, 0.5) is 10.5 Å². The second-order valence-corrected chi connectivity index (χ2v) is 8.00. The van der Waals surface area contributed by atoms with Gasteiger partial charge in [0, 0.05) is 0 Å². The number of imide groups is 2. The zero-order chi connectivity index (χ0) is 25.8. The number of nitrogens with zero attached hydrogens (tertiary/aromatic N) is 1. The number of carboxylic acids is 1. The molecule has 0 radical (unpaired) electrons. The van der Waals surface area contributed by atoms with Crippen LogP contribution in [0.3, 0.4) is 0 Å². The summed E-state index contributed by atoms with van der Waals surface area (Å²) >= 11 is 0. The van der Waals surface area contributed by atoms with Crippen LogP contribution in [0.15, 0.2) is 72.3 Å². The van der Waals surface area contributed by atoms with Crippen molar-refractivity contribution < 1.29 is 33.8 Å². The van der Waals surface area contributed by atoms with Crippen molar-refractivity contribution in [3.8, 4) is 11.5 Å². The quantitative estimate of drug-likeness (QED) is 0.383. The van der Waals surface area contributed by atoms with Crippen molar-refractivity contribution in [2.45, 2.75) is 13.5 Å². The first kappa shape index (κ1) is 24.2. The molecule has 2 N–H and O–H groups in total. The number of benzene rings is 3. The SMILES string of the molecule is COc1cc(/C=C2\C(=O)NC(=O)N(c3ccc(C)cc3)C2=O)ccc1OCc1cccc(C(=O)O)c1. The predicted octanol–water partition coefficient (Wildman–Crippen LogP) is 3.95. The molecule has 4 rings (SSSR count). The molecular weight excluding hydrogens is 464 g/mol. The van der Waals surface area contributed by atoms with Crippen molar-refractivity contribution >= 4 is 35.6 Å². The number of ether oxygens (including phenoxy) is 2. The van der Waals surface area contributed by atoms with E-state index in [1.165, 1.54) is 25.3 Å². The number of nitrogens with one attached hydrogen (secondary N) is 1. The highest BCUT2D eigenvalue weighted by molar-refractivity contribution is 6.39. The van der Waals surface area contributed by atoms with Crippen LogP contribution in [0.25, 0.3) is 6.08 Å². The summed E-state index contributed by atoms with van der Waals surface area (Å²) in [6, 6.07) is 17.2. The van der Waals surface area contributed by atoms with E-state index in [1.807, 2.05) is 6.92 Å². The van der Waals surface area contributed by atoms with Crippen molar-refractivity contribution in [1.29, 1.82) is 0 Å². The number of urea groups is 1. The molecule has 1 saturated heterocycles. The van der Waals surface area contributed by atoms with E-state index in [9.17, 15) is 19.2 Å². The monoisotopic (exact) mass is 486 g/mol. The first-order valence-corrected chi connectivity index (χ1v) is 10.9. The Kier molecular flexibility index (Phi) is 6.82. The van der Waals surface area contributed by atoms with Crippen molar-refractivity contribution in [2.24, 2.45) is 0 Å². The zero-order valence-electron chi connectivity index (χ0n) is 19.5. The fourth-order valence-electron chi connectivity index (χ4n) is 3.60. The summed E-state index contributed by atoms with van der Waals surface area (Å²) in [7, 11) is 1.44. The fraction of sp³-hybridized carbons (Fsp3) is 0.111. The van der Waals surface area contributed by atoms with Crippen molar-refractivity contribution in [1.82, 2.24) is 5.32 Å². The van der Waals surface area contributed by atoms with Gasteiger partial charge in [0.25, 0.3) is 11.8 Å². The number of barbiturate groups is 1. The number of amides is 4. The van der Waals surface area contributed by atoms with Gasteiger partial charge in [0.05, 0.1) is 18.4 Å². The van der Waals surface area contributed by atoms with Gasteiger partial charge in [0.15, 0.2) is 11.5 Å². The molecule has 3 aromatic rings. The third kappa shape index (κ3) is 5.10. The Balaban J connectivity index is 1.57. The first-order valence-electron chi connectivity index (χ1n) is 10.9. The summed E-state index contributed by atoms with van der Waals surface area (Å²) < 4.78 is 11.2. The van der Waals surface area contributed by atoms with Crippen molar-refractivity contribution in [3.63, 3.8) is 0 Å². The highest BCUT2D eigenvalue weighted by Gasteiger charge is 2.36. The lowest BCUT2D eigenvalue weighted by Gasteiger charge is -2.26. The number of hydrogen-bond donors (Lipinski definition) is 2. The summed E-state index contributed by atoms with van der Waals surface area (Å²) in [5.41, 5.74) is 2.38. The minimum atomic E-state index is -1.03. The molecule has 0 spiro atoms. The molecule has 0 atom stereocenters. The normalized spacial score (nSPS) is 14.6. The largest absolute Gasteiger partial charge is 0.493 e. The van der Waals surface area contributed by atoms with Gasteiger partial charge in [-0.1, -0.05) is 35.9 Å². The Hall–Kier alpha value is -4.92. The molecule has 0 aliphatic carbocycles. The molecule has 0 bridgehead atoms. The van der Waals surface area contributed by atoms with E-state index in [4.69, 9.17) is 14.6 Å². The summed E-state index contributed by atoms with van der Waals surface area (Å²) in [6.45, 7) is 1.98. The number of carbonyl (C=O) groups excluding carboxylic acids is 3. The topological polar surface area (TPSA) is 122 Å². The van der Waals surface area contributed by atoms with Gasteiger partial charge in [-0.2, -0.15) is 0 Å². The maximum Gasteiger partial charge on any atom is 0.335 e. The van der Waals surface area contributed by atoms with Crippen LogP contribution in [0.2, 0.25) is 0 Å². The number of hydrogen-bond acceptors (Lipinski definition) is 6. The van der Waals surface area contributed by atoms with Crippen LogP contribution in [0, 0.1) is 6.92 Å². The predicted molar refractivity (Wildman–Crippen MR) is 131 cm³/mol. The van der Waals surface area contributed by atoms with Crippen molar-refractivity contribution in [3.05, 3.63) is 94.6 Å². The molecule has 1 aliphatic rings. The average molecular weight is 486 g/mol. The Labute approximate surface area is 206 Å². The van der Waals surface area contributed by atoms with Crippen LogP contribution in [-0.2, 0) is 16.2 Å². The molecule has 9 nitrogen and oxygen atoms in total. The summed E-state index contributed by atoms with van der Waals surface area (Å²) in [4.78, 5) is 50.0. The van der Waals surface area contributed by atoms with Crippen LogP contribution in [0.1, 0.15) is 27.0 Å². The first-order chi connectivity index (χ1) is 17.3. The number of aromatic carboxylic acids is 1. The van der Waals surface area contributed by atoms with E-state index in [1.54, 1.807) is 54.6 Å². The minimum absolute atomic E-state index is 0.104. The molecule has 1 fully saturated rings. The van der Waals surface area contributed by atoms with E-state index < -0.39 is 23.8 Å². The second kappa shape index (κ2) is 10.1. The van der Waals surface area contributed by atoms with Gasteiger partial charge >= 0.3 is 12.0 Å². The van der Waals surface area contributed by atoms with E-state index in [2.05, 4.69) is 5.32 Å². The Morgan fingerprint density at radius 3 is 2.44 bits per heavy atom. The van der Waals surface area contributed by atoms with Gasteiger partial charge < -0.3 is 14.6 Å². The molecule has 4 amide bonds. The molecular formula is C27H22N2O7. The van der Waals surface area contributed by atoms with Crippen LogP contribution in [0.5, 0.6) is 11.5 Å². The highest BCUT2D eigenvalue weighted by Crippen LogP contribution is 2.30. The smallest absolute Gasteiger partial charge is 0.335 e. The van der Waals surface area contributed by atoms with Gasteiger partial charge in [-0.3, -0.25) is 14.9 Å². The maximum atomic E-state index is 13.1. The standard InChI is InChI=1S/C27H22N2O7/c1-16-6-9-20(10-7-16)29-25(31)21(24(30)28-27(29)34)13-17-8-11-22(23(14-17)35-2)36-15-18-4-3-5-19(12-18)26(32)33/h3-14H,15H2,1-2H3,(H,32,33)(H,28,30,34)/b21-13+. The van der Waals surface area contributed by atoms with Gasteiger partial charge in [-0.25, -0.2) is 14.5 Å². The van der Waals surface area contributed by atoms with Gasteiger partial charge in [0.2, 0.25) is 0 Å². The summed E-state index contributed by atoms with van der Waals surface area (Å²) in [5, 5.41) is 11.3. The number of carbonyl (C=O) groups is 4. The molecule has 0 unspecified atom stereocenters. The van der Waals surface area contributed by atoms with Crippen LogP contribution < -0.4 is 19.7 Å². The Morgan fingerprint density at radius 1 is 1.00 bits per heavy atom. The number of methoxy groups -OCH3 is 1. The van der Waals surface area contributed by atoms with Crippen LogP contribution in [-0.4, -0.2) is 36.0 Å². The van der Waals surface area contributed by atoms with E-state index in [0.717, 1.165) is 10.5 Å². The number of aryl methyl sites for hydroxylation is 1. The molecule has 36 heavy (non-hydrogen) atoms. The average Bonchev–Trinajstić information content (AvgIpc) is 2.86. The lowest BCUT2D eigenvalue weighted by Crippen LogP contribution is -2.54. The molecule has 1 heterocycles. The van der Waals surface area contributed by atoms with Gasteiger partial charge in [-0.05, 0) is 60.5 Å². The van der Waals surface area contributed by atoms with Crippen molar-refractivity contribution in [2.75, 3.05) is 12.0 Å². The molecule has 3 aromatic carbocycles. The fourth-order valence-corrected chi connectivity index (χ4v) is 3.60. The van der Waals surface area contributed by atoms with E-state index in [0.29, 0.717) is 28.3 Å². The Bertz CT molecular complexity index is 1390.